The molecule has 2 heterocycles. The van der Waals surface area contributed by atoms with Crippen LogP contribution < -0.4 is 10.6 Å². The first kappa shape index (κ1) is 14.2. The van der Waals surface area contributed by atoms with Crippen molar-refractivity contribution in [1.82, 2.24) is 4.98 Å². The predicted molar refractivity (Wildman–Crippen MR) is 83.4 cm³/mol. The zero-order chi connectivity index (χ0) is 13.2. The molecule has 0 aromatic carbocycles. The third-order valence-electron chi connectivity index (χ3n) is 3.84. The molecular weight excluding hydrogens is 310 g/mol. The molecule has 1 saturated heterocycles. The second-order valence-corrected chi connectivity index (χ2v) is 7.00. The molecule has 18 heavy (non-hydrogen) atoms. The molecule has 0 spiro atoms. The minimum atomic E-state index is 0.279. The van der Waals surface area contributed by atoms with E-state index in [1.165, 1.54) is 5.56 Å². The Labute approximate surface area is 122 Å². The molecule has 0 radical (unpaired) electrons. The Bertz CT molecular complexity index is 411. The highest BCUT2D eigenvalue weighted by molar-refractivity contribution is 9.10. The molecule has 100 valence electrons. The molecule has 0 atom stereocenters. The summed E-state index contributed by atoms with van der Waals surface area (Å²) in [5.74, 6) is 1.09. The molecule has 1 aromatic rings. The summed E-state index contributed by atoms with van der Waals surface area (Å²) in [5, 5.41) is 0. The van der Waals surface area contributed by atoms with Gasteiger partial charge in [-0.1, -0.05) is 0 Å². The standard InChI is InChI=1S/C13H20BrN3S/c1-10-7-12(16-8-11(10)14)17-5-3-13(9-15,18-2)4-6-17/h7-8H,3-6,9,15H2,1-2H3. The van der Waals surface area contributed by atoms with E-state index in [4.69, 9.17) is 5.73 Å². The molecule has 1 aliphatic heterocycles. The summed E-state index contributed by atoms with van der Waals surface area (Å²) in [6, 6.07) is 2.15. The van der Waals surface area contributed by atoms with Gasteiger partial charge in [-0.2, -0.15) is 11.8 Å². The highest BCUT2D eigenvalue weighted by atomic mass is 79.9. The van der Waals surface area contributed by atoms with E-state index in [1.807, 2.05) is 18.0 Å². The smallest absolute Gasteiger partial charge is 0.128 e. The second-order valence-electron chi connectivity index (χ2n) is 4.87. The van der Waals surface area contributed by atoms with Crippen LogP contribution in [0.2, 0.25) is 0 Å². The zero-order valence-corrected chi connectivity index (χ0v) is 13.4. The number of anilines is 1. The maximum Gasteiger partial charge on any atom is 0.128 e. The molecular formula is C13H20BrN3S. The van der Waals surface area contributed by atoms with E-state index >= 15 is 0 Å². The molecule has 0 aliphatic carbocycles. The van der Waals surface area contributed by atoms with Crippen LogP contribution in [0.15, 0.2) is 16.7 Å². The van der Waals surface area contributed by atoms with Crippen molar-refractivity contribution < 1.29 is 0 Å². The third-order valence-corrected chi connectivity index (χ3v) is 6.11. The van der Waals surface area contributed by atoms with Crippen LogP contribution >= 0.6 is 27.7 Å². The molecule has 0 bridgehead atoms. The van der Waals surface area contributed by atoms with Crippen LogP contribution in [0.5, 0.6) is 0 Å². The number of halogens is 1. The number of piperidine rings is 1. The molecule has 2 rings (SSSR count). The lowest BCUT2D eigenvalue weighted by Crippen LogP contribution is -2.46. The highest BCUT2D eigenvalue weighted by Crippen LogP contribution is 2.35. The number of pyridine rings is 1. The van der Waals surface area contributed by atoms with Gasteiger partial charge in [-0.25, -0.2) is 4.98 Å². The van der Waals surface area contributed by atoms with E-state index in [0.29, 0.717) is 0 Å². The molecule has 2 N–H and O–H groups in total. The van der Waals surface area contributed by atoms with Gasteiger partial charge in [-0.05, 0) is 53.6 Å². The van der Waals surface area contributed by atoms with Gasteiger partial charge in [0.15, 0.2) is 0 Å². The maximum absolute atomic E-state index is 5.92. The molecule has 1 aliphatic rings. The molecule has 0 unspecified atom stereocenters. The average molecular weight is 330 g/mol. The number of aromatic nitrogens is 1. The second kappa shape index (κ2) is 5.80. The summed E-state index contributed by atoms with van der Waals surface area (Å²) in [6.45, 7) is 4.97. The van der Waals surface area contributed by atoms with Crippen LogP contribution in [0.25, 0.3) is 0 Å². The van der Waals surface area contributed by atoms with Crippen LogP contribution in [0.1, 0.15) is 18.4 Å². The lowest BCUT2D eigenvalue weighted by atomic mass is 9.96. The lowest BCUT2D eigenvalue weighted by molar-refractivity contribution is 0.455. The Balaban J connectivity index is 2.07. The number of nitrogens with zero attached hydrogens (tertiary/aromatic N) is 2. The van der Waals surface area contributed by atoms with Gasteiger partial charge in [0.05, 0.1) is 0 Å². The fraction of sp³-hybridized carbons (Fsp3) is 0.615. The van der Waals surface area contributed by atoms with E-state index in [2.05, 4.69) is 45.1 Å². The Morgan fingerprint density at radius 3 is 2.67 bits per heavy atom. The first-order valence-electron chi connectivity index (χ1n) is 6.22. The van der Waals surface area contributed by atoms with Crippen LogP contribution in [0, 0.1) is 6.92 Å². The summed E-state index contributed by atoms with van der Waals surface area (Å²) in [6.07, 6.45) is 6.34. The van der Waals surface area contributed by atoms with E-state index in [1.54, 1.807) is 0 Å². The van der Waals surface area contributed by atoms with Crippen molar-refractivity contribution in [1.29, 1.82) is 0 Å². The minimum absolute atomic E-state index is 0.279. The van der Waals surface area contributed by atoms with Gasteiger partial charge in [-0.15, -0.1) is 0 Å². The molecule has 1 fully saturated rings. The number of aryl methyl sites for hydroxylation is 1. The predicted octanol–water partition coefficient (Wildman–Crippen LogP) is 2.81. The summed E-state index contributed by atoms with van der Waals surface area (Å²) in [5.41, 5.74) is 7.15. The summed E-state index contributed by atoms with van der Waals surface area (Å²) in [4.78, 5) is 6.87. The van der Waals surface area contributed by atoms with Gasteiger partial charge in [0.2, 0.25) is 0 Å². The van der Waals surface area contributed by atoms with Crippen molar-refractivity contribution in [3.05, 3.63) is 22.3 Å². The Kier molecular flexibility index (Phi) is 4.56. The minimum Gasteiger partial charge on any atom is -0.357 e. The SMILES string of the molecule is CSC1(CN)CCN(c2cc(C)c(Br)cn2)CC1. The Morgan fingerprint density at radius 2 is 2.17 bits per heavy atom. The van der Waals surface area contributed by atoms with Gasteiger partial charge in [-0.3, -0.25) is 0 Å². The summed E-state index contributed by atoms with van der Waals surface area (Å²) < 4.78 is 1.35. The normalized spacial score (nSPS) is 19.0. The van der Waals surface area contributed by atoms with Gasteiger partial charge in [0, 0.05) is 35.1 Å². The van der Waals surface area contributed by atoms with Gasteiger partial charge < -0.3 is 10.6 Å². The number of nitrogens with two attached hydrogens (primary N) is 1. The van der Waals surface area contributed by atoms with Crippen molar-refractivity contribution in [2.75, 3.05) is 30.8 Å². The quantitative estimate of drug-likeness (QED) is 0.925. The van der Waals surface area contributed by atoms with Crippen LogP contribution in [-0.2, 0) is 0 Å². The maximum atomic E-state index is 5.92. The first-order valence-corrected chi connectivity index (χ1v) is 8.24. The fourth-order valence-electron chi connectivity index (χ4n) is 2.33. The number of hydrogen-bond donors (Lipinski definition) is 1. The topological polar surface area (TPSA) is 42.1 Å². The van der Waals surface area contributed by atoms with Crippen molar-refractivity contribution in [2.24, 2.45) is 5.73 Å². The van der Waals surface area contributed by atoms with E-state index in [-0.39, 0.29) is 4.75 Å². The Morgan fingerprint density at radius 1 is 1.50 bits per heavy atom. The van der Waals surface area contributed by atoms with Crippen molar-refractivity contribution in [3.8, 4) is 0 Å². The van der Waals surface area contributed by atoms with Gasteiger partial charge in [0.1, 0.15) is 5.82 Å². The monoisotopic (exact) mass is 329 g/mol. The molecule has 3 nitrogen and oxygen atoms in total. The lowest BCUT2D eigenvalue weighted by Gasteiger charge is -2.40. The molecule has 0 saturated carbocycles. The summed E-state index contributed by atoms with van der Waals surface area (Å²) in [7, 11) is 0. The zero-order valence-electron chi connectivity index (χ0n) is 10.9. The average Bonchev–Trinajstić information content (AvgIpc) is 2.42. The first-order chi connectivity index (χ1) is 8.60. The number of rotatable bonds is 3. The Hall–Kier alpha value is -0.260. The van der Waals surface area contributed by atoms with Crippen LogP contribution in [0.4, 0.5) is 5.82 Å². The van der Waals surface area contributed by atoms with Gasteiger partial charge in [0.25, 0.3) is 0 Å². The molecule has 1 aromatic heterocycles. The van der Waals surface area contributed by atoms with Crippen LogP contribution in [0.3, 0.4) is 0 Å². The number of hydrogen-bond acceptors (Lipinski definition) is 4. The molecule has 0 amide bonds. The van der Waals surface area contributed by atoms with Crippen molar-refractivity contribution >= 4 is 33.5 Å². The fourth-order valence-corrected chi connectivity index (χ4v) is 3.31. The molecule has 5 heteroatoms. The third kappa shape index (κ3) is 2.83. The van der Waals surface area contributed by atoms with E-state index in [0.717, 1.165) is 42.8 Å². The number of thioether (sulfide) groups is 1. The van der Waals surface area contributed by atoms with E-state index in [9.17, 15) is 0 Å². The largest absolute Gasteiger partial charge is 0.357 e. The summed E-state index contributed by atoms with van der Waals surface area (Å²) >= 11 is 5.41. The van der Waals surface area contributed by atoms with Gasteiger partial charge >= 0.3 is 0 Å². The van der Waals surface area contributed by atoms with Crippen molar-refractivity contribution in [3.63, 3.8) is 0 Å². The van der Waals surface area contributed by atoms with Crippen LogP contribution in [-0.4, -0.2) is 35.6 Å². The van der Waals surface area contributed by atoms with E-state index < -0.39 is 0 Å². The highest BCUT2D eigenvalue weighted by Gasteiger charge is 2.32. The van der Waals surface area contributed by atoms with Crippen molar-refractivity contribution in [2.45, 2.75) is 24.5 Å².